The summed E-state index contributed by atoms with van der Waals surface area (Å²) in [6.07, 6.45) is -0.355. The summed E-state index contributed by atoms with van der Waals surface area (Å²) in [4.78, 5) is -0.586. The molecule has 4 rings (SSSR count). The highest BCUT2D eigenvalue weighted by Gasteiger charge is 2.34. The zero-order chi connectivity index (χ0) is 27.8. The maximum atomic E-state index is 13.4. The maximum absolute atomic E-state index is 13.4. The second kappa shape index (κ2) is 10.3. The number of halogens is 4. The van der Waals surface area contributed by atoms with E-state index >= 15 is 0 Å². The van der Waals surface area contributed by atoms with Gasteiger partial charge in [0, 0.05) is 26.4 Å². The Morgan fingerprint density at radius 3 is 2.34 bits per heavy atom. The third-order valence-electron chi connectivity index (χ3n) is 6.05. The largest absolute Gasteiger partial charge is 0.507 e. The molecule has 0 spiro atoms. The van der Waals surface area contributed by atoms with Gasteiger partial charge in [-0.05, 0) is 54.8 Å². The number of benzene rings is 4. The Balaban J connectivity index is 1.95. The number of sulfonamides is 1. The number of phenolic OH excluding ortho intramolecular Hbond substituents is 2. The van der Waals surface area contributed by atoms with E-state index in [1.54, 1.807) is 30.3 Å². The summed E-state index contributed by atoms with van der Waals surface area (Å²) >= 11 is 2.82. The van der Waals surface area contributed by atoms with Crippen LogP contribution in [0.15, 0.2) is 76.1 Å². The Morgan fingerprint density at radius 2 is 1.68 bits per heavy atom. The van der Waals surface area contributed by atoms with Crippen molar-refractivity contribution in [3.8, 4) is 22.6 Å². The molecule has 0 saturated carbocycles. The molecule has 0 radical (unpaired) electrons. The molecular weight excluding hydrogens is 583 g/mol. The number of phenols is 2. The van der Waals surface area contributed by atoms with Gasteiger partial charge in [0.1, 0.15) is 11.5 Å². The van der Waals surface area contributed by atoms with Crippen LogP contribution in [0.4, 0.5) is 18.9 Å². The average Bonchev–Trinajstić information content (AvgIpc) is 2.86. The molecule has 4 aromatic rings. The van der Waals surface area contributed by atoms with Gasteiger partial charge in [-0.25, -0.2) is 8.42 Å². The first-order valence-corrected chi connectivity index (χ1v) is 13.8. The van der Waals surface area contributed by atoms with Crippen LogP contribution in [0.1, 0.15) is 30.0 Å². The van der Waals surface area contributed by atoms with Crippen molar-refractivity contribution in [1.82, 2.24) is 0 Å². The van der Waals surface area contributed by atoms with E-state index < -0.39 is 26.7 Å². The van der Waals surface area contributed by atoms with Crippen molar-refractivity contribution in [2.45, 2.75) is 31.3 Å². The highest BCUT2D eigenvalue weighted by atomic mass is 79.9. The molecule has 0 saturated heterocycles. The molecule has 0 amide bonds. The molecule has 0 aliphatic heterocycles. The molecule has 0 bridgehead atoms. The smallest absolute Gasteiger partial charge is 0.417 e. The van der Waals surface area contributed by atoms with Gasteiger partial charge in [-0.15, -0.1) is 0 Å². The number of nitrogens with one attached hydrogen (secondary N) is 1. The molecule has 0 aliphatic rings. The molecule has 38 heavy (non-hydrogen) atoms. The minimum atomic E-state index is -4.77. The number of rotatable bonds is 6. The summed E-state index contributed by atoms with van der Waals surface area (Å²) in [6, 6.07) is 13.7. The number of alkyl halides is 3. The molecule has 0 atom stereocenters. The number of aryl methyl sites for hydroxylation is 1. The first kappa shape index (κ1) is 27.5. The Morgan fingerprint density at radius 1 is 1.00 bits per heavy atom. The van der Waals surface area contributed by atoms with Crippen LogP contribution >= 0.6 is 15.9 Å². The number of aromatic hydroxyl groups is 2. The molecule has 10 heteroatoms. The zero-order valence-corrected chi connectivity index (χ0v) is 22.7. The molecule has 198 valence electrons. The van der Waals surface area contributed by atoms with Gasteiger partial charge in [0.05, 0.1) is 16.1 Å². The summed E-state index contributed by atoms with van der Waals surface area (Å²) < 4.78 is 69.0. The molecule has 0 heterocycles. The molecule has 5 nitrogen and oxygen atoms in total. The Hall–Kier alpha value is -3.50. The first-order chi connectivity index (χ1) is 17.8. The zero-order valence-electron chi connectivity index (χ0n) is 20.3. The van der Waals surface area contributed by atoms with Crippen LogP contribution in [-0.2, 0) is 16.2 Å². The predicted molar refractivity (Wildman–Crippen MR) is 147 cm³/mol. The standard InChI is InChI=1S/C28H23BrF3NO4S/c1-3-4-7-18-16(2)10-13-25(34)26(18)21-15-24(19-8-5-6-9-20(19)27(21)35)33-38(36,37)17-11-12-23(29)22(14-17)28(30,31)32/h4-15,33-35H,3H2,1-2H3/b7-4-. The van der Waals surface area contributed by atoms with Crippen LogP contribution in [0.3, 0.4) is 0 Å². The summed E-state index contributed by atoms with van der Waals surface area (Å²) in [5, 5.41) is 22.6. The van der Waals surface area contributed by atoms with Crippen LogP contribution in [0.5, 0.6) is 11.5 Å². The van der Waals surface area contributed by atoms with Crippen LogP contribution in [0.2, 0.25) is 0 Å². The summed E-state index contributed by atoms with van der Waals surface area (Å²) in [7, 11) is -4.49. The van der Waals surface area contributed by atoms with E-state index in [0.29, 0.717) is 28.0 Å². The number of fused-ring (bicyclic) bond motifs is 1. The second-order valence-electron chi connectivity index (χ2n) is 8.61. The molecular formula is C28H23BrF3NO4S. The highest BCUT2D eigenvalue weighted by molar-refractivity contribution is 9.10. The summed E-state index contributed by atoms with van der Waals surface area (Å²) in [6.45, 7) is 3.78. The van der Waals surface area contributed by atoms with Gasteiger partial charge in [-0.1, -0.05) is 65.3 Å². The number of hydrogen-bond acceptors (Lipinski definition) is 4. The Labute approximate surface area is 226 Å². The fourth-order valence-electron chi connectivity index (χ4n) is 4.17. The SMILES string of the molecule is CC/C=C\c1c(C)ccc(O)c1-c1cc(NS(=O)(=O)c2ccc(Br)c(C(F)(F)F)c2)c2ccccc2c1O. The van der Waals surface area contributed by atoms with Gasteiger partial charge in [0.2, 0.25) is 0 Å². The lowest BCUT2D eigenvalue weighted by molar-refractivity contribution is -0.138. The van der Waals surface area contributed by atoms with Crippen molar-refractivity contribution in [2.24, 2.45) is 0 Å². The monoisotopic (exact) mass is 605 g/mol. The lowest BCUT2D eigenvalue weighted by Crippen LogP contribution is -2.15. The van der Waals surface area contributed by atoms with E-state index in [4.69, 9.17) is 0 Å². The lowest BCUT2D eigenvalue weighted by Gasteiger charge is -2.18. The van der Waals surface area contributed by atoms with Crippen molar-refractivity contribution < 1.29 is 31.8 Å². The maximum Gasteiger partial charge on any atom is 0.417 e. The molecule has 4 aromatic carbocycles. The van der Waals surface area contributed by atoms with Crippen LogP contribution in [-0.4, -0.2) is 18.6 Å². The summed E-state index contributed by atoms with van der Waals surface area (Å²) in [5.74, 6) is -0.313. The average molecular weight is 606 g/mol. The van der Waals surface area contributed by atoms with Gasteiger partial charge >= 0.3 is 6.18 Å². The molecule has 3 N–H and O–H groups in total. The van der Waals surface area contributed by atoms with Crippen LogP contribution in [0, 0.1) is 6.92 Å². The van der Waals surface area contributed by atoms with Gasteiger partial charge in [0.25, 0.3) is 10.0 Å². The van der Waals surface area contributed by atoms with Crippen molar-refractivity contribution in [3.05, 3.63) is 87.9 Å². The normalized spacial score (nSPS) is 12.4. The molecule has 0 fully saturated rings. The van der Waals surface area contributed by atoms with E-state index in [2.05, 4.69) is 20.7 Å². The van der Waals surface area contributed by atoms with Crippen molar-refractivity contribution in [1.29, 1.82) is 0 Å². The van der Waals surface area contributed by atoms with Crippen molar-refractivity contribution >= 4 is 48.5 Å². The topological polar surface area (TPSA) is 86.6 Å². The quantitative estimate of drug-likeness (QED) is 0.193. The van der Waals surface area contributed by atoms with Crippen molar-refractivity contribution in [3.63, 3.8) is 0 Å². The fraction of sp³-hybridized carbons (Fsp3) is 0.143. The number of anilines is 1. The second-order valence-corrected chi connectivity index (χ2v) is 11.1. The molecule has 0 unspecified atom stereocenters. The fourth-order valence-corrected chi connectivity index (χ4v) is 5.74. The Bertz CT molecular complexity index is 1680. The van der Waals surface area contributed by atoms with Crippen molar-refractivity contribution in [2.75, 3.05) is 4.72 Å². The van der Waals surface area contributed by atoms with Gasteiger partial charge in [0.15, 0.2) is 0 Å². The van der Waals surface area contributed by atoms with Crippen LogP contribution < -0.4 is 4.72 Å². The van der Waals surface area contributed by atoms with Crippen LogP contribution in [0.25, 0.3) is 28.0 Å². The summed E-state index contributed by atoms with van der Waals surface area (Å²) in [5.41, 5.74) is 0.789. The third kappa shape index (κ3) is 5.23. The number of allylic oxidation sites excluding steroid dienone is 1. The first-order valence-electron chi connectivity index (χ1n) is 11.5. The number of hydrogen-bond donors (Lipinski definition) is 3. The molecule has 0 aromatic heterocycles. The minimum Gasteiger partial charge on any atom is -0.507 e. The highest BCUT2D eigenvalue weighted by Crippen LogP contribution is 2.46. The van der Waals surface area contributed by atoms with Gasteiger partial charge < -0.3 is 10.2 Å². The van der Waals surface area contributed by atoms with Gasteiger partial charge in [-0.3, -0.25) is 4.72 Å². The lowest BCUT2D eigenvalue weighted by atomic mass is 9.91. The predicted octanol–water partition coefficient (Wildman–Crippen LogP) is 8.23. The van der Waals surface area contributed by atoms with E-state index in [9.17, 15) is 31.8 Å². The van der Waals surface area contributed by atoms with E-state index in [1.165, 1.54) is 12.1 Å². The molecule has 0 aliphatic carbocycles. The van der Waals surface area contributed by atoms with E-state index in [1.807, 2.05) is 26.0 Å². The van der Waals surface area contributed by atoms with Gasteiger partial charge in [-0.2, -0.15) is 13.2 Å². The Kier molecular flexibility index (Phi) is 7.49. The minimum absolute atomic E-state index is 0.0243. The van der Waals surface area contributed by atoms with E-state index in [-0.39, 0.29) is 27.2 Å². The third-order valence-corrected chi connectivity index (χ3v) is 8.10. The van der Waals surface area contributed by atoms with E-state index in [0.717, 1.165) is 24.1 Å².